The summed E-state index contributed by atoms with van der Waals surface area (Å²) in [6.45, 7) is 1.08. The number of rotatable bonds is 6. The zero-order valence-electron chi connectivity index (χ0n) is 21.2. The maximum absolute atomic E-state index is 14.4. The number of anilines is 2. The molecule has 0 bridgehead atoms. The minimum Gasteiger partial charge on any atom is -0.326 e. The van der Waals surface area contributed by atoms with Crippen molar-refractivity contribution in [2.45, 2.75) is 35.2 Å². The molecule has 2 amide bonds. The Labute approximate surface area is 264 Å². The monoisotopic (exact) mass is 708 g/mol. The summed E-state index contributed by atoms with van der Waals surface area (Å²) in [5.41, 5.74) is -7.47. The molecule has 2 atom stereocenters. The Morgan fingerprint density at radius 1 is 0.791 bits per heavy atom. The van der Waals surface area contributed by atoms with Crippen LogP contribution in [0, 0.1) is 12.8 Å². The van der Waals surface area contributed by atoms with E-state index >= 15 is 0 Å². The van der Waals surface area contributed by atoms with Crippen LogP contribution in [-0.4, -0.2) is 28.5 Å². The molecular formula is C27H16Cl5F7N2O2. The van der Waals surface area contributed by atoms with Crippen LogP contribution >= 0.6 is 58.0 Å². The first-order chi connectivity index (χ1) is 19.7. The average Bonchev–Trinajstić information content (AvgIpc) is 3.45. The third kappa shape index (κ3) is 6.38. The van der Waals surface area contributed by atoms with Crippen LogP contribution in [0.15, 0.2) is 54.6 Å². The van der Waals surface area contributed by atoms with Crippen molar-refractivity contribution in [3.8, 4) is 0 Å². The quantitative estimate of drug-likeness (QED) is 0.198. The van der Waals surface area contributed by atoms with Crippen molar-refractivity contribution in [2.75, 3.05) is 10.6 Å². The molecule has 0 aromatic heterocycles. The Morgan fingerprint density at radius 2 is 1.37 bits per heavy atom. The molecule has 0 aliphatic heterocycles. The van der Waals surface area contributed by atoms with Crippen LogP contribution in [-0.2, 0) is 10.5 Å². The molecule has 0 heterocycles. The molecule has 0 saturated heterocycles. The maximum atomic E-state index is 14.4. The van der Waals surface area contributed by atoms with Gasteiger partial charge in [-0.05, 0) is 60.5 Å². The minimum atomic E-state index is -6.30. The molecule has 230 valence electrons. The van der Waals surface area contributed by atoms with E-state index in [2.05, 4.69) is 10.6 Å². The lowest BCUT2D eigenvalue weighted by Crippen LogP contribution is -2.50. The van der Waals surface area contributed by atoms with E-state index in [9.17, 15) is 40.3 Å². The molecular weight excluding hydrogens is 695 g/mol. The Kier molecular flexibility index (Phi) is 8.94. The van der Waals surface area contributed by atoms with Crippen LogP contribution in [0.25, 0.3) is 0 Å². The van der Waals surface area contributed by atoms with Crippen LogP contribution in [0.4, 0.5) is 42.1 Å². The Balaban J connectivity index is 1.53. The number of hydrogen-bond donors (Lipinski definition) is 2. The first kappa shape index (κ1) is 33.5. The number of hydrogen-bond acceptors (Lipinski definition) is 2. The number of alkyl halides is 9. The lowest BCUT2D eigenvalue weighted by molar-refractivity contribution is -0.348. The van der Waals surface area contributed by atoms with E-state index in [0.717, 1.165) is 6.92 Å². The van der Waals surface area contributed by atoms with E-state index in [1.54, 1.807) is 12.1 Å². The van der Waals surface area contributed by atoms with Crippen molar-refractivity contribution >= 4 is 81.2 Å². The number of amides is 2. The van der Waals surface area contributed by atoms with Crippen LogP contribution in [0.3, 0.4) is 0 Å². The molecule has 2 unspecified atom stereocenters. The second-order valence-electron chi connectivity index (χ2n) is 9.65. The van der Waals surface area contributed by atoms with Gasteiger partial charge in [0, 0.05) is 32.9 Å². The van der Waals surface area contributed by atoms with Crippen LogP contribution in [0.2, 0.25) is 15.1 Å². The lowest BCUT2D eigenvalue weighted by Gasteiger charge is -2.30. The second-order valence-corrected chi connectivity index (χ2v) is 12.4. The summed E-state index contributed by atoms with van der Waals surface area (Å²) >= 11 is 30.9. The molecule has 4 nitrogen and oxygen atoms in total. The Bertz CT molecular complexity index is 1580. The molecule has 0 spiro atoms. The summed E-state index contributed by atoms with van der Waals surface area (Å²) in [5, 5.41) is 5.38. The van der Waals surface area contributed by atoms with E-state index in [1.165, 1.54) is 24.3 Å². The van der Waals surface area contributed by atoms with Crippen molar-refractivity contribution in [1.82, 2.24) is 0 Å². The van der Waals surface area contributed by atoms with E-state index < -0.39 is 51.6 Å². The highest BCUT2D eigenvalue weighted by Gasteiger charge is 2.73. The molecule has 16 heteroatoms. The first-order valence-electron chi connectivity index (χ1n) is 11.9. The standard InChI is InChI=1S/C27H16Cl5F7N2O2/c1-11-6-13(25(33,26(34,35)36)27(37,38)39)2-5-19(11)41-22(42)17-10-16(3-4-18(17)30)40-23(43)21-20(24(21,31)32)12-7-14(28)9-15(29)8-12/h2-10,20-21H,1H3,(H,40,43)(H,41,42). The fourth-order valence-electron chi connectivity index (χ4n) is 4.52. The molecule has 3 aromatic carbocycles. The summed E-state index contributed by atoms with van der Waals surface area (Å²) in [4.78, 5) is 26.0. The number of benzene rings is 3. The number of aryl methyl sites for hydroxylation is 1. The third-order valence-electron chi connectivity index (χ3n) is 6.71. The second kappa shape index (κ2) is 11.5. The normalized spacial score (nSPS) is 18.3. The Morgan fingerprint density at radius 3 is 1.91 bits per heavy atom. The van der Waals surface area contributed by atoms with Crippen LogP contribution in [0.5, 0.6) is 0 Å². The number of carbonyl (C=O) groups excluding carboxylic acids is 2. The zero-order valence-corrected chi connectivity index (χ0v) is 25.0. The SMILES string of the molecule is Cc1cc(C(F)(C(F)(F)F)C(F)(F)F)ccc1NC(=O)c1cc(NC(=O)C2C(c3cc(Cl)cc(Cl)c3)C2(Cl)Cl)ccc1Cl. The lowest BCUT2D eigenvalue weighted by atomic mass is 9.92. The van der Waals surface area contributed by atoms with Crippen LogP contribution < -0.4 is 10.6 Å². The molecule has 2 N–H and O–H groups in total. The Hall–Kier alpha value is -2.44. The number of halogens is 12. The van der Waals surface area contributed by atoms with Gasteiger partial charge in [0.2, 0.25) is 5.91 Å². The minimum absolute atomic E-state index is 0.0862. The van der Waals surface area contributed by atoms with Gasteiger partial charge in [0.05, 0.1) is 16.5 Å². The van der Waals surface area contributed by atoms with E-state index in [0.29, 0.717) is 27.7 Å². The molecule has 0 radical (unpaired) electrons. The smallest absolute Gasteiger partial charge is 0.326 e. The van der Waals surface area contributed by atoms with Gasteiger partial charge in [-0.25, -0.2) is 4.39 Å². The van der Waals surface area contributed by atoms with Crippen molar-refractivity contribution in [1.29, 1.82) is 0 Å². The van der Waals surface area contributed by atoms with Gasteiger partial charge in [-0.15, -0.1) is 23.2 Å². The van der Waals surface area contributed by atoms with Crippen molar-refractivity contribution in [3.63, 3.8) is 0 Å². The fraction of sp³-hybridized carbons (Fsp3) is 0.259. The number of carbonyl (C=O) groups is 2. The van der Waals surface area contributed by atoms with E-state index in [-0.39, 0.29) is 33.6 Å². The van der Waals surface area contributed by atoms with E-state index in [1.807, 2.05) is 0 Å². The van der Waals surface area contributed by atoms with Gasteiger partial charge in [-0.3, -0.25) is 9.59 Å². The highest BCUT2D eigenvalue weighted by Crippen LogP contribution is 2.65. The molecule has 3 aromatic rings. The van der Waals surface area contributed by atoms with Crippen LogP contribution in [0.1, 0.15) is 33.0 Å². The topological polar surface area (TPSA) is 58.2 Å². The highest BCUT2D eigenvalue weighted by molar-refractivity contribution is 6.53. The zero-order chi connectivity index (χ0) is 32.3. The van der Waals surface area contributed by atoms with Gasteiger partial charge >= 0.3 is 18.0 Å². The average molecular weight is 711 g/mol. The van der Waals surface area contributed by atoms with Gasteiger partial charge in [0.25, 0.3) is 5.91 Å². The summed E-state index contributed by atoms with van der Waals surface area (Å²) in [6.07, 6.45) is -12.6. The summed E-state index contributed by atoms with van der Waals surface area (Å²) < 4.78 is 91.7. The summed E-state index contributed by atoms with van der Waals surface area (Å²) in [6, 6.07) is 9.72. The highest BCUT2D eigenvalue weighted by atomic mass is 35.5. The first-order valence-corrected chi connectivity index (χ1v) is 13.8. The summed E-state index contributed by atoms with van der Waals surface area (Å²) in [5.74, 6) is -3.14. The van der Waals surface area contributed by atoms with Crippen molar-refractivity contribution in [2.24, 2.45) is 5.92 Å². The molecule has 4 rings (SSSR count). The predicted octanol–water partition coefficient (Wildman–Crippen LogP) is 10.0. The van der Waals surface area contributed by atoms with Gasteiger partial charge in [-0.2, -0.15) is 26.3 Å². The number of nitrogens with one attached hydrogen (secondary N) is 2. The molecule has 1 aliphatic rings. The van der Waals surface area contributed by atoms with Crippen molar-refractivity contribution in [3.05, 3.63) is 91.9 Å². The van der Waals surface area contributed by atoms with Gasteiger partial charge in [-0.1, -0.05) is 46.9 Å². The maximum Gasteiger partial charge on any atom is 0.435 e. The molecule has 1 fully saturated rings. The summed E-state index contributed by atoms with van der Waals surface area (Å²) in [7, 11) is 0. The molecule has 43 heavy (non-hydrogen) atoms. The fourth-order valence-corrected chi connectivity index (χ4v) is 6.09. The van der Waals surface area contributed by atoms with Gasteiger partial charge < -0.3 is 10.6 Å². The third-order valence-corrected chi connectivity index (χ3v) is 8.42. The largest absolute Gasteiger partial charge is 0.435 e. The molecule has 1 aliphatic carbocycles. The van der Waals surface area contributed by atoms with Gasteiger partial charge in [0.15, 0.2) is 0 Å². The molecule has 1 saturated carbocycles. The predicted molar refractivity (Wildman–Crippen MR) is 151 cm³/mol. The van der Waals surface area contributed by atoms with Crippen molar-refractivity contribution < 1.29 is 40.3 Å². The van der Waals surface area contributed by atoms with Gasteiger partial charge in [0.1, 0.15) is 4.33 Å². The van der Waals surface area contributed by atoms with E-state index in [4.69, 9.17) is 58.0 Å².